The fraction of sp³-hybridized carbons (Fsp3) is 0.400. The number of rotatable bonds is 4. The number of fused-ring (bicyclic) bond motifs is 1. The highest BCUT2D eigenvalue weighted by Gasteiger charge is 2.34. The van der Waals surface area contributed by atoms with Gasteiger partial charge in [-0.15, -0.1) is 12.4 Å². The number of hydrogen-bond acceptors (Lipinski definition) is 4. The Bertz CT molecular complexity index is 564. The van der Waals surface area contributed by atoms with Gasteiger partial charge in [-0.2, -0.15) is 0 Å². The molecule has 118 valence electrons. The van der Waals surface area contributed by atoms with E-state index in [-0.39, 0.29) is 42.6 Å². The lowest BCUT2D eigenvalue weighted by Gasteiger charge is -2.15. The number of imide groups is 1. The molecule has 2 aliphatic heterocycles. The Morgan fingerprint density at radius 2 is 1.86 bits per heavy atom. The van der Waals surface area contributed by atoms with E-state index in [0.717, 1.165) is 13.0 Å². The van der Waals surface area contributed by atoms with Gasteiger partial charge in [0.05, 0.1) is 17.0 Å². The van der Waals surface area contributed by atoms with E-state index in [1.54, 1.807) is 24.3 Å². The largest absolute Gasteiger partial charge is 0.354 e. The van der Waals surface area contributed by atoms with Crippen LogP contribution in [0.4, 0.5) is 0 Å². The molecule has 1 aromatic carbocycles. The van der Waals surface area contributed by atoms with E-state index in [1.807, 2.05) is 0 Å². The number of carbonyl (C=O) groups is 3. The average molecular weight is 324 g/mol. The van der Waals surface area contributed by atoms with Gasteiger partial charge in [-0.1, -0.05) is 12.1 Å². The summed E-state index contributed by atoms with van der Waals surface area (Å²) < 4.78 is 0. The molecule has 22 heavy (non-hydrogen) atoms. The Morgan fingerprint density at radius 1 is 1.23 bits per heavy atom. The van der Waals surface area contributed by atoms with Crippen molar-refractivity contribution in [3.8, 4) is 0 Å². The molecular formula is C15H18ClN3O3. The predicted molar refractivity (Wildman–Crippen MR) is 83.0 cm³/mol. The van der Waals surface area contributed by atoms with Crippen LogP contribution in [0.15, 0.2) is 24.3 Å². The zero-order valence-electron chi connectivity index (χ0n) is 12.0. The summed E-state index contributed by atoms with van der Waals surface area (Å²) in [5.41, 5.74) is 0.877. The zero-order valence-corrected chi connectivity index (χ0v) is 12.8. The van der Waals surface area contributed by atoms with Gasteiger partial charge in [-0.25, -0.2) is 0 Å². The van der Waals surface area contributed by atoms with E-state index in [1.165, 1.54) is 4.90 Å². The molecule has 2 heterocycles. The molecule has 1 fully saturated rings. The zero-order chi connectivity index (χ0) is 14.8. The van der Waals surface area contributed by atoms with E-state index in [0.29, 0.717) is 24.2 Å². The standard InChI is InChI=1S/C15H17N3O3.ClH/c19-13(10-5-6-16-9-10)17-7-8-18-14(20)11-3-1-2-4-12(11)15(18)21;/h1-4,10,16H,5-9H2,(H,17,19);1H. The topological polar surface area (TPSA) is 78.5 Å². The van der Waals surface area contributed by atoms with E-state index >= 15 is 0 Å². The minimum absolute atomic E-state index is 0. The summed E-state index contributed by atoms with van der Waals surface area (Å²) in [7, 11) is 0. The van der Waals surface area contributed by atoms with Gasteiger partial charge < -0.3 is 10.6 Å². The predicted octanol–water partition coefficient (Wildman–Crippen LogP) is 0.430. The number of carbonyl (C=O) groups excluding carboxylic acids is 3. The molecule has 3 rings (SSSR count). The van der Waals surface area contributed by atoms with Crippen molar-refractivity contribution in [1.29, 1.82) is 0 Å². The van der Waals surface area contributed by atoms with Crippen molar-refractivity contribution in [2.24, 2.45) is 5.92 Å². The Labute approximate surface area is 134 Å². The summed E-state index contributed by atoms with van der Waals surface area (Å²) in [5, 5.41) is 5.93. The van der Waals surface area contributed by atoms with E-state index in [4.69, 9.17) is 0 Å². The van der Waals surface area contributed by atoms with Crippen molar-refractivity contribution in [1.82, 2.24) is 15.5 Å². The Kier molecular flexibility index (Phi) is 5.15. The van der Waals surface area contributed by atoms with Gasteiger partial charge in [0.15, 0.2) is 0 Å². The molecule has 2 N–H and O–H groups in total. The Morgan fingerprint density at radius 3 is 2.41 bits per heavy atom. The second kappa shape index (κ2) is 6.89. The number of amides is 3. The van der Waals surface area contributed by atoms with Crippen molar-refractivity contribution < 1.29 is 14.4 Å². The molecule has 0 bridgehead atoms. The summed E-state index contributed by atoms with van der Waals surface area (Å²) in [4.78, 5) is 37.3. The van der Waals surface area contributed by atoms with Crippen LogP contribution in [-0.4, -0.2) is 48.8 Å². The highest BCUT2D eigenvalue weighted by molar-refractivity contribution is 6.21. The summed E-state index contributed by atoms with van der Waals surface area (Å²) in [6, 6.07) is 6.78. The van der Waals surface area contributed by atoms with E-state index in [2.05, 4.69) is 10.6 Å². The molecule has 1 aromatic rings. The van der Waals surface area contributed by atoms with Gasteiger partial charge in [-0.05, 0) is 25.1 Å². The SMILES string of the molecule is Cl.O=C(NCCN1C(=O)c2ccccc2C1=O)C1CCNC1. The van der Waals surface area contributed by atoms with Crippen molar-refractivity contribution in [2.75, 3.05) is 26.2 Å². The molecule has 0 aromatic heterocycles. The van der Waals surface area contributed by atoms with Crippen molar-refractivity contribution in [3.63, 3.8) is 0 Å². The van der Waals surface area contributed by atoms with Crippen LogP contribution in [0.1, 0.15) is 27.1 Å². The van der Waals surface area contributed by atoms with Crippen LogP contribution < -0.4 is 10.6 Å². The minimum Gasteiger partial charge on any atom is -0.354 e. The van der Waals surface area contributed by atoms with E-state index in [9.17, 15) is 14.4 Å². The van der Waals surface area contributed by atoms with Gasteiger partial charge in [0.25, 0.3) is 11.8 Å². The monoisotopic (exact) mass is 323 g/mol. The average Bonchev–Trinajstić information content (AvgIpc) is 3.11. The third-order valence-corrected chi connectivity index (χ3v) is 3.94. The number of halogens is 1. The maximum Gasteiger partial charge on any atom is 0.261 e. The Hall–Kier alpha value is -1.92. The van der Waals surface area contributed by atoms with Crippen LogP contribution in [0, 0.1) is 5.92 Å². The van der Waals surface area contributed by atoms with Gasteiger partial charge >= 0.3 is 0 Å². The van der Waals surface area contributed by atoms with Crippen LogP contribution in [0.2, 0.25) is 0 Å². The molecule has 0 radical (unpaired) electrons. The minimum atomic E-state index is -0.285. The maximum atomic E-state index is 12.1. The fourth-order valence-electron chi connectivity index (χ4n) is 2.76. The van der Waals surface area contributed by atoms with Crippen LogP contribution in [-0.2, 0) is 4.79 Å². The van der Waals surface area contributed by atoms with Gasteiger partial charge in [-0.3, -0.25) is 19.3 Å². The molecule has 0 saturated carbocycles. The first-order chi connectivity index (χ1) is 10.2. The molecular weight excluding hydrogens is 306 g/mol. The van der Waals surface area contributed by atoms with Gasteiger partial charge in [0.2, 0.25) is 5.91 Å². The molecule has 0 spiro atoms. The van der Waals surface area contributed by atoms with Crippen molar-refractivity contribution in [2.45, 2.75) is 6.42 Å². The first kappa shape index (κ1) is 16.5. The highest BCUT2D eigenvalue weighted by atomic mass is 35.5. The van der Waals surface area contributed by atoms with Gasteiger partial charge in [0, 0.05) is 19.6 Å². The summed E-state index contributed by atoms with van der Waals surface area (Å²) in [6.07, 6.45) is 0.832. The third-order valence-electron chi connectivity index (χ3n) is 3.94. The van der Waals surface area contributed by atoms with Crippen molar-refractivity contribution in [3.05, 3.63) is 35.4 Å². The van der Waals surface area contributed by atoms with Crippen LogP contribution in [0.25, 0.3) is 0 Å². The maximum absolute atomic E-state index is 12.1. The molecule has 7 heteroatoms. The van der Waals surface area contributed by atoms with Gasteiger partial charge in [0.1, 0.15) is 0 Å². The lowest BCUT2D eigenvalue weighted by Crippen LogP contribution is -2.40. The fourth-order valence-corrected chi connectivity index (χ4v) is 2.76. The lowest BCUT2D eigenvalue weighted by molar-refractivity contribution is -0.124. The molecule has 1 atom stereocenters. The van der Waals surface area contributed by atoms with Crippen molar-refractivity contribution >= 4 is 30.1 Å². The first-order valence-electron chi connectivity index (χ1n) is 7.12. The number of nitrogens with zero attached hydrogens (tertiary/aromatic N) is 1. The lowest BCUT2D eigenvalue weighted by atomic mass is 10.1. The quantitative estimate of drug-likeness (QED) is 0.788. The molecule has 1 unspecified atom stereocenters. The summed E-state index contributed by atoms with van der Waals surface area (Å²) >= 11 is 0. The smallest absolute Gasteiger partial charge is 0.261 e. The first-order valence-corrected chi connectivity index (χ1v) is 7.12. The molecule has 2 aliphatic rings. The molecule has 1 saturated heterocycles. The summed E-state index contributed by atoms with van der Waals surface area (Å²) in [5.74, 6) is -0.594. The van der Waals surface area contributed by atoms with Crippen LogP contribution in [0.5, 0.6) is 0 Å². The number of hydrogen-bond donors (Lipinski definition) is 2. The second-order valence-corrected chi connectivity index (χ2v) is 5.29. The number of benzene rings is 1. The van der Waals surface area contributed by atoms with Crippen LogP contribution in [0.3, 0.4) is 0 Å². The molecule has 3 amide bonds. The normalized spacial score (nSPS) is 19.8. The highest BCUT2D eigenvalue weighted by Crippen LogP contribution is 2.21. The second-order valence-electron chi connectivity index (χ2n) is 5.29. The molecule has 0 aliphatic carbocycles. The van der Waals surface area contributed by atoms with Crippen LogP contribution >= 0.6 is 12.4 Å². The summed E-state index contributed by atoms with van der Waals surface area (Å²) in [6.45, 7) is 2.05. The number of nitrogens with one attached hydrogen (secondary N) is 2. The molecule has 6 nitrogen and oxygen atoms in total. The van der Waals surface area contributed by atoms with E-state index < -0.39 is 0 Å². The third kappa shape index (κ3) is 2.98. The Balaban J connectivity index is 0.00000176.